The van der Waals surface area contributed by atoms with Gasteiger partial charge in [-0.25, -0.2) is 4.98 Å². The summed E-state index contributed by atoms with van der Waals surface area (Å²) in [5.41, 5.74) is -0.0862. The second-order valence-electron chi connectivity index (χ2n) is 5.13. The summed E-state index contributed by atoms with van der Waals surface area (Å²) in [5, 5.41) is 5.09. The maximum atomic E-state index is 5.32. The zero-order valence-electron chi connectivity index (χ0n) is 11.0. The minimum absolute atomic E-state index is 0.0862. The third-order valence-corrected chi connectivity index (χ3v) is 3.43. The van der Waals surface area contributed by atoms with E-state index in [2.05, 4.69) is 35.9 Å². The van der Waals surface area contributed by atoms with E-state index >= 15 is 0 Å². The molecule has 5 heteroatoms. The third kappa shape index (κ3) is 3.10. The van der Waals surface area contributed by atoms with Gasteiger partial charge in [0, 0.05) is 11.6 Å². The fraction of sp³-hybridized carbons (Fsp3) is 0.462. The van der Waals surface area contributed by atoms with Gasteiger partial charge in [0.15, 0.2) is 5.82 Å². The van der Waals surface area contributed by atoms with Gasteiger partial charge in [0.2, 0.25) is 5.89 Å². The molecule has 96 valence electrons. The zero-order valence-corrected chi connectivity index (χ0v) is 11.9. The molecule has 2 aromatic rings. The summed E-state index contributed by atoms with van der Waals surface area (Å²) in [7, 11) is 0. The van der Waals surface area contributed by atoms with E-state index < -0.39 is 0 Å². The minimum Gasteiger partial charge on any atom is -0.338 e. The molecule has 0 aliphatic carbocycles. The van der Waals surface area contributed by atoms with Crippen LogP contribution in [0.15, 0.2) is 33.9 Å². The summed E-state index contributed by atoms with van der Waals surface area (Å²) >= 11 is 1.61. The van der Waals surface area contributed by atoms with Crippen molar-refractivity contribution in [3.8, 4) is 0 Å². The average molecular weight is 263 g/mol. The van der Waals surface area contributed by atoms with Crippen LogP contribution in [-0.2, 0) is 5.41 Å². The van der Waals surface area contributed by atoms with E-state index in [0.717, 1.165) is 10.9 Å². The fourth-order valence-electron chi connectivity index (χ4n) is 1.35. The number of hydrogen-bond acceptors (Lipinski definition) is 5. The van der Waals surface area contributed by atoms with E-state index in [9.17, 15) is 0 Å². The first kappa shape index (κ1) is 13.1. The Morgan fingerprint density at radius 1 is 1.28 bits per heavy atom. The number of hydrogen-bond donors (Lipinski definition) is 0. The van der Waals surface area contributed by atoms with E-state index in [-0.39, 0.29) is 10.7 Å². The number of rotatable bonds is 3. The molecule has 0 saturated heterocycles. The molecular formula is C13H17N3OS. The molecule has 0 N–H and O–H groups in total. The minimum atomic E-state index is -0.0862. The third-order valence-electron chi connectivity index (χ3n) is 2.40. The van der Waals surface area contributed by atoms with Crippen LogP contribution in [0.25, 0.3) is 0 Å². The zero-order chi connectivity index (χ0) is 13.2. The van der Waals surface area contributed by atoms with Gasteiger partial charge in [-0.2, -0.15) is 4.98 Å². The fourth-order valence-corrected chi connectivity index (χ4v) is 2.19. The highest BCUT2D eigenvalue weighted by Gasteiger charge is 2.23. The lowest BCUT2D eigenvalue weighted by molar-refractivity contribution is 0.364. The van der Waals surface area contributed by atoms with Crippen molar-refractivity contribution in [1.82, 2.24) is 15.1 Å². The predicted molar refractivity (Wildman–Crippen MR) is 71.5 cm³/mol. The molecule has 4 nitrogen and oxygen atoms in total. The maximum absolute atomic E-state index is 5.32. The Labute approximate surface area is 111 Å². The van der Waals surface area contributed by atoms with Crippen LogP contribution in [0.4, 0.5) is 0 Å². The van der Waals surface area contributed by atoms with Gasteiger partial charge in [-0.15, -0.1) is 0 Å². The van der Waals surface area contributed by atoms with Crippen molar-refractivity contribution >= 4 is 11.8 Å². The van der Waals surface area contributed by atoms with Gasteiger partial charge in [-0.05, 0) is 19.1 Å². The monoisotopic (exact) mass is 263 g/mol. The molecule has 18 heavy (non-hydrogen) atoms. The first-order valence-corrected chi connectivity index (χ1v) is 6.76. The summed E-state index contributed by atoms with van der Waals surface area (Å²) < 4.78 is 5.32. The van der Waals surface area contributed by atoms with Gasteiger partial charge < -0.3 is 4.52 Å². The smallest absolute Gasteiger partial charge is 0.239 e. The molecule has 0 amide bonds. The summed E-state index contributed by atoms with van der Waals surface area (Å²) in [4.78, 5) is 8.72. The first-order valence-electron chi connectivity index (χ1n) is 5.88. The van der Waals surface area contributed by atoms with E-state index in [1.54, 1.807) is 18.0 Å². The van der Waals surface area contributed by atoms with Gasteiger partial charge >= 0.3 is 0 Å². The lowest BCUT2D eigenvalue weighted by Crippen LogP contribution is -2.13. The Bertz CT molecular complexity index is 504. The van der Waals surface area contributed by atoms with Gasteiger partial charge in [0.1, 0.15) is 0 Å². The Hall–Kier alpha value is -1.36. The average Bonchev–Trinajstić information content (AvgIpc) is 2.79. The van der Waals surface area contributed by atoms with Crippen LogP contribution in [0.2, 0.25) is 0 Å². The van der Waals surface area contributed by atoms with Crippen LogP contribution in [0, 0.1) is 0 Å². The van der Waals surface area contributed by atoms with Crippen molar-refractivity contribution < 1.29 is 4.52 Å². The second-order valence-corrected chi connectivity index (χ2v) is 6.50. The lowest BCUT2D eigenvalue weighted by Gasteiger charge is -2.11. The molecular weight excluding hydrogens is 246 g/mol. The quantitative estimate of drug-likeness (QED) is 0.792. The predicted octanol–water partition coefficient (Wildman–Crippen LogP) is 3.62. The van der Waals surface area contributed by atoms with Crippen LogP contribution in [0.1, 0.15) is 44.7 Å². The molecule has 2 aromatic heterocycles. The van der Waals surface area contributed by atoms with Crippen LogP contribution >= 0.6 is 11.8 Å². The Morgan fingerprint density at radius 3 is 2.61 bits per heavy atom. The number of nitrogens with zero attached hydrogens (tertiary/aromatic N) is 3. The molecule has 1 atom stereocenters. The highest BCUT2D eigenvalue weighted by Crippen LogP contribution is 2.33. The van der Waals surface area contributed by atoms with Crippen LogP contribution in [0.3, 0.4) is 0 Å². The van der Waals surface area contributed by atoms with E-state index in [0.29, 0.717) is 5.89 Å². The Morgan fingerprint density at radius 2 is 2.06 bits per heavy atom. The van der Waals surface area contributed by atoms with Gasteiger partial charge in [0.05, 0.1) is 10.3 Å². The Balaban J connectivity index is 2.10. The second kappa shape index (κ2) is 5.10. The standard InChI is InChI=1S/C13H17N3OS/c1-9(18-10-7-5-6-8-14-10)11-15-12(16-17-11)13(2,3)4/h5-9H,1-4H3/t9-/m1/s1. The molecule has 2 heterocycles. The molecule has 0 bridgehead atoms. The van der Waals surface area contributed by atoms with Crippen molar-refractivity contribution in [3.05, 3.63) is 36.1 Å². The highest BCUT2D eigenvalue weighted by molar-refractivity contribution is 7.99. The van der Waals surface area contributed by atoms with Crippen molar-refractivity contribution in [2.24, 2.45) is 0 Å². The summed E-state index contributed by atoms with van der Waals surface area (Å²) in [6.07, 6.45) is 1.78. The van der Waals surface area contributed by atoms with Crippen LogP contribution in [-0.4, -0.2) is 15.1 Å². The largest absolute Gasteiger partial charge is 0.338 e. The molecule has 0 saturated carbocycles. The molecule has 0 unspecified atom stereocenters. The Kier molecular flexibility index (Phi) is 3.71. The SMILES string of the molecule is C[C@@H](Sc1ccccn1)c1nc(C(C)(C)C)no1. The molecule has 0 aliphatic rings. The van der Waals surface area contributed by atoms with Gasteiger partial charge in [0.25, 0.3) is 0 Å². The summed E-state index contributed by atoms with van der Waals surface area (Å²) in [6.45, 7) is 8.24. The topological polar surface area (TPSA) is 51.8 Å². The van der Waals surface area contributed by atoms with Crippen molar-refractivity contribution in [2.75, 3.05) is 0 Å². The molecule has 2 rings (SSSR count). The molecule has 0 fully saturated rings. The number of aromatic nitrogens is 3. The lowest BCUT2D eigenvalue weighted by atomic mass is 9.96. The summed E-state index contributed by atoms with van der Waals surface area (Å²) in [6, 6.07) is 5.85. The van der Waals surface area contributed by atoms with Gasteiger partial charge in [-0.1, -0.05) is 43.8 Å². The molecule has 0 spiro atoms. The van der Waals surface area contributed by atoms with Crippen molar-refractivity contribution in [3.63, 3.8) is 0 Å². The molecule has 0 radical (unpaired) electrons. The first-order chi connectivity index (χ1) is 8.47. The number of thioether (sulfide) groups is 1. The van der Waals surface area contributed by atoms with Crippen molar-refractivity contribution in [1.29, 1.82) is 0 Å². The van der Waals surface area contributed by atoms with E-state index in [1.807, 2.05) is 25.1 Å². The maximum Gasteiger partial charge on any atom is 0.239 e. The highest BCUT2D eigenvalue weighted by atomic mass is 32.2. The van der Waals surface area contributed by atoms with Crippen LogP contribution < -0.4 is 0 Å². The molecule has 0 aliphatic heterocycles. The van der Waals surface area contributed by atoms with E-state index in [1.165, 1.54) is 0 Å². The van der Waals surface area contributed by atoms with Crippen molar-refractivity contribution in [2.45, 2.75) is 43.4 Å². The normalized spacial score (nSPS) is 13.6. The molecule has 0 aromatic carbocycles. The van der Waals surface area contributed by atoms with E-state index in [4.69, 9.17) is 4.52 Å². The van der Waals surface area contributed by atoms with Crippen LogP contribution in [0.5, 0.6) is 0 Å². The summed E-state index contributed by atoms with van der Waals surface area (Å²) in [5.74, 6) is 1.39. The van der Waals surface area contributed by atoms with Gasteiger partial charge in [-0.3, -0.25) is 0 Å². The number of pyridine rings is 1.